The van der Waals surface area contributed by atoms with E-state index in [-0.39, 0.29) is 23.5 Å². The molecule has 1 aromatic carbocycles. The summed E-state index contributed by atoms with van der Waals surface area (Å²) < 4.78 is 5.51. The number of carbonyl (C=O) groups is 2. The molecule has 1 aliphatic heterocycles. The zero-order valence-corrected chi connectivity index (χ0v) is 19.8. The van der Waals surface area contributed by atoms with E-state index in [0.717, 1.165) is 10.6 Å². The number of aryl methyl sites for hydroxylation is 1. The fourth-order valence-corrected chi connectivity index (χ4v) is 5.48. The van der Waals surface area contributed by atoms with E-state index < -0.39 is 16.8 Å². The van der Waals surface area contributed by atoms with Crippen molar-refractivity contribution in [2.24, 2.45) is 0 Å². The van der Waals surface area contributed by atoms with Crippen molar-refractivity contribution in [3.63, 3.8) is 0 Å². The van der Waals surface area contributed by atoms with Crippen molar-refractivity contribution in [2.75, 3.05) is 0 Å². The molecule has 0 saturated carbocycles. The molecule has 0 amide bonds. The van der Waals surface area contributed by atoms with Crippen LogP contribution in [0.25, 0.3) is 0 Å². The number of Topliss-reactive ketones (excluding diaryl/α,β-unsaturated/α-hetero) is 1. The number of allylic oxidation sites excluding steroid dienone is 3. The quantitative estimate of drug-likeness (QED) is 0.366. The molecule has 2 heterocycles. The summed E-state index contributed by atoms with van der Waals surface area (Å²) in [5, 5.41) is 16.9. The van der Waals surface area contributed by atoms with E-state index in [1.165, 1.54) is 6.07 Å². The first kappa shape index (κ1) is 22.9. The van der Waals surface area contributed by atoms with Crippen molar-refractivity contribution in [1.29, 1.82) is 0 Å². The van der Waals surface area contributed by atoms with Gasteiger partial charge < -0.3 is 10.1 Å². The van der Waals surface area contributed by atoms with E-state index >= 15 is 0 Å². The van der Waals surface area contributed by atoms with Gasteiger partial charge in [0.25, 0.3) is 5.69 Å². The summed E-state index contributed by atoms with van der Waals surface area (Å²) in [6.07, 6.45) is 0.624. The topological polar surface area (TPSA) is 98.5 Å². The van der Waals surface area contributed by atoms with Gasteiger partial charge >= 0.3 is 5.97 Å². The summed E-state index contributed by atoms with van der Waals surface area (Å²) in [5.41, 5.74) is 3.22. The minimum absolute atomic E-state index is 0.0397. The molecular weight excluding hydrogens is 440 g/mol. The van der Waals surface area contributed by atoms with Crippen LogP contribution in [0.5, 0.6) is 0 Å². The molecule has 1 aliphatic carbocycles. The first-order valence-corrected chi connectivity index (χ1v) is 11.8. The molecular formula is C25H26N2O5S. The van der Waals surface area contributed by atoms with Gasteiger partial charge in [-0.25, -0.2) is 4.79 Å². The third-order valence-corrected chi connectivity index (χ3v) is 7.13. The van der Waals surface area contributed by atoms with Gasteiger partial charge in [0, 0.05) is 51.7 Å². The van der Waals surface area contributed by atoms with Gasteiger partial charge in [-0.15, -0.1) is 11.3 Å². The third kappa shape index (κ3) is 4.35. The molecule has 0 spiro atoms. The first-order chi connectivity index (χ1) is 15.7. The smallest absolute Gasteiger partial charge is 0.337 e. The van der Waals surface area contributed by atoms with Crippen molar-refractivity contribution in [1.82, 2.24) is 5.32 Å². The Morgan fingerprint density at radius 3 is 2.64 bits per heavy atom. The predicted octanol–water partition coefficient (Wildman–Crippen LogP) is 5.28. The molecule has 2 aromatic rings. The van der Waals surface area contributed by atoms with Crippen LogP contribution in [-0.2, 0) is 14.3 Å². The monoisotopic (exact) mass is 466 g/mol. The maximum absolute atomic E-state index is 13.5. The Morgan fingerprint density at radius 1 is 1.24 bits per heavy atom. The lowest BCUT2D eigenvalue weighted by Crippen LogP contribution is -2.36. The van der Waals surface area contributed by atoms with Gasteiger partial charge in [-0.3, -0.25) is 14.9 Å². The zero-order chi connectivity index (χ0) is 23.9. The lowest BCUT2D eigenvalue weighted by molar-refractivity contribution is -0.385. The van der Waals surface area contributed by atoms with Gasteiger partial charge in [0.1, 0.15) is 0 Å². The Bertz CT molecular complexity index is 1190. The minimum atomic E-state index is -0.719. The van der Waals surface area contributed by atoms with Crippen molar-refractivity contribution < 1.29 is 19.2 Å². The minimum Gasteiger partial charge on any atom is -0.460 e. The van der Waals surface area contributed by atoms with Crippen LogP contribution < -0.4 is 5.32 Å². The number of hydrogen-bond acceptors (Lipinski definition) is 7. The number of benzene rings is 1. The second-order valence-corrected chi connectivity index (χ2v) is 9.77. The lowest BCUT2D eigenvalue weighted by atomic mass is 9.72. The van der Waals surface area contributed by atoms with Crippen LogP contribution in [0.3, 0.4) is 0 Å². The molecule has 2 atom stereocenters. The predicted molar refractivity (Wildman–Crippen MR) is 126 cm³/mol. The zero-order valence-electron chi connectivity index (χ0n) is 19.0. The van der Waals surface area contributed by atoms with Crippen molar-refractivity contribution in [3.8, 4) is 0 Å². The van der Waals surface area contributed by atoms with Gasteiger partial charge in [-0.05, 0) is 51.1 Å². The van der Waals surface area contributed by atoms with Crippen molar-refractivity contribution in [2.45, 2.75) is 58.5 Å². The average molecular weight is 467 g/mol. The third-order valence-electron chi connectivity index (χ3n) is 6.10. The standard InChI is InChI=1S/C25H26N2O5S/c1-13(2)32-25(29)22-15(4)26-18-10-17(21-6-5-9-33-21)12-20(28)24(18)23(22)16-8-7-14(3)19(11-16)27(30)31/h5-9,11,13,17,23,26H,10,12H2,1-4H3/t17-,23+/m0/s1. The number of ether oxygens (including phenoxy) is 1. The molecule has 0 bridgehead atoms. The number of nitro benzene ring substituents is 1. The highest BCUT2D eigenvalue weighted by atomic mass is 32.1. The van der Waals surface area contributed by atoms with E-state index in [1.54, 1.807) is 51.2 Å². The first-order valence-electron chi connectivity index (χ1n) is 10.9. The van der Waals surface area contributed by atoms with Gasteiger partial charge in [0.05, 0.1) is 16.6 Å². The number of rotatable bonds is 5. The van der Waals surface area contributed by atoms with Crippen LogP contribution >= 0.6 is 11.3 Å². The molecule has 0 fully saturated rings. The Kier molecular flexibility index (Phi) is 6.21. The molecule has 4 rings (SSSR count). The van der Waals surface area contributed by atoms with Gasteiger partial charge in [-0.2, -0.15) is 0 Å². The molecule has 172 valence electrons. The van der Waals surface area contributed by atoms with Crippen molar-refractivity contribution >= 4 is 28.8 Å². The highest BCUT2D eigenvalue weighted by molar-refractivity contribution is 7.10. The summed E-state index contributed by atoms with van der Waals surface area (Å²) in [4.78, 5) is 39.0. The molecule has 7 nitrogen and oxygen atoms in total. The molecule has 0 unspecified atom stereocenters. The Hall–Kier alpha value is -3.26. The van der Waals surface area contributed by atoms with Crippen LogP contribution in [0, 0.1) is 17.0 Å². The molecule has 0 saturated heterocycles. The van der Waals surface area contributed by atoms with E-state index in [9.17, 15) is 19.7 Å². The molecule has 1 aromatic heterocycles. The highest BCUT2D eigenvalue weighted by Gasteiger charge is 2.42. The lowest BCUT2D eigenvalue weighted by Gasteiger charge is -2.36. The fourth-order valence-electron chi connectivity index (χ4n) is 4.65. The number of nitrogens with zero attached hydrogens (tertiary/aromatic N) is 1. The van der Waals surface area contributed by atoms with Gasteiger partial charge in [0.15, 0.2) is 5.78 Å². The molecule has 33 heavy (non-hydrogen) atoms. The van der Waals surface area contributed by atoms with E-state index in [1.807, 2.05) is 17.5 Å². The number of ketones is 1. The van der Waals surface area contributed by atoms with Gasteiger partial charge in [-0.1, -0.05) is 18.2 Å². The summed E-state index contributed by atoms with van der Waals surface area (Å²) in [6.45, 7) is 6.98. The highest BCUT2D eigenvalue weighted by Crippen LogP contribution is 2.47. The molecule has 8 heteroatoms. The average Bonchev–Trinajstić information content (AvgIpc) is 3.27. The molecule has 1 N–H and O–H groups in total. The SMILES string of the molecule is CC1=C(C(=O)OC(C)C)[C@@H](c2ccc(C)c([N+](=O)[O-])c2)C2=C(C[C@H](c3cccs3)CC2=O)N1. The van der Waals surface area contributed by atoms with Crippen LogP contribution in [0.1, 0.15) is 61.5 Å². The second-order valence-electron chi connectivity index (χ2n) is 8.79. The maximum atomic E-state index is 13.5. The normalized spacial score (nSPS) is 20.6. The Labute approximate surface area is 196 Å². The summed E-state index contributed by atoms with van der Waals surface area (Å²) >= 11 is 1.62. The Morgan fingerprint density at radius 2 is 2.00 bits per heavy atom. The van der Waals surface area contributed by atoms with E-state index in [2.05, 4.69) is 5.32 Å². The number of dihydropyridines is 1. The largest absolute Gasteiger partial charge is 0.460 e. The van der Waals surface area contributed by atoms with Gasteiger partial charge in [0.2, 0.25) is 0 Å². The number of nitro groups is 1. The molecule has 2 aliphatic rings. The number of carbonyl (C=O) groups excluding carboxylic acids is 2. The Balaban J connectivity index is 1.86. The van der Waals surface area contributed by atoms with Crippen LogP contribution in [0.2, 0.25) is 0 Å². The second kappa shape index (κ2) is 8.94. The fraction of sp³-hybridized carbons (Fsp3) is 0.360. The summed E-state index contributed by atoms with van der Waals surface area (Å²) in [5.74, 6) is -1.24. The van der Waals surface area contributed by atoms with Crippen LogP contribution in [-0.4, -0.2) is 22.8 Å². The van der Waals surface area contributed by atoms with E-state index in [0.29, 0.717) is 40.8 Å². The van der Waals surface area contributed by atoms with E-state index in [4.69, 9.17) is 4.74 Å². The van der Waals surface area contributed by atoms with Crippen LogP contribution in [0.4, 0.5) is 5.69 Å². The summed E-state index contributed by atoms with van der Waals surface area (Å²) in [7, 11) is 0. The summed E-state index contributed by atoms with van der Waals surface area (Å²) in [6, 6.07) is 8.91. The van der Waals surface area contributed by atoms with Crippen LogP contribution in [0.15, 0.2) is 58.3 Å². The van der Waals surface area contributed by atoms with Crippen molar-refractivity contribution in [3.05, 3.63) is 84.4 Å². The molecule has 0 radical (unpaired) electrons. The number of nitrogens with one attached hydrogen (secondary N) is 1. The maximum Gasteiger partial charge on any atom is 0.337 e. The number of hydrogen-bond donors (Lipinski definition) is 1. The number of thiophene rings is 1. The number of esters is 1.